The topological polar surface area (TPSA) is 72.9 Å². The van der Waals surface area contributed by atoms with Crippen molar-refractivity contribution in [3.8, 4) is 0 Å². The van der Waals surface area contributed by atoms with Crippen LogP contribution in [0.1, 0.15) is 27.2 Å². The average Bonchev–Trinajstić information content (AvgIpc) is 2.38. The fraction of sp³-hybridized carbons (Fsp3) is 0.846. The van der Waals surface area contributed by atoms with E-state index in [1.165, 1.54) is 0 Å². The summed E-state index contributed by atoms with van der Waals surface area (Å²) in [5.41, 5.74) is 0. The van der Waals surface area contributed by atoms with E-state index < -0.39 is 11.9 Å². The molecule has 19 heavy (non-hydrogen) atoms. The van der Waals surface area contributed by atoms with Crippen molar-refractivity contribution < 1.29 is 14.7 Å². The van der Waals surface area contributed by atoms with E-state index in [9.17, 15) is 9.59 Å². The number of carboxylic acid groups (broad SMARTS) is 1. The SMILES string of the molecule is CCCN1CCN(C(=O)NC(C)C(C)C(=O)O)CC1. The van der Waals surface area contributed by atoms with Gasteiger partial charge in [0.2, 0.25) is 0 Å². The van der Waals surface area contributed by atoms with E-state index in [0.717, 1.165) is 26.1 Å². The molecule has 1 saturated heterocycles. The molecule has 1 rings (SSSR count). The molecule has 1 heterocycles. The van der Waals surface area contributed by atoms with Crippen LogP contribution in [0.3, 0.4) is 0 Å². The maximum atomic E-state index is 12.0. The van der Waals surface area contributed by atoms with Crippen molar-refractivity contribution >= 4 is 12.0 Å². The van der Waals surface area contributed by atoms with E-state index in [0.29, 0.717) is 13.1 Å². The van der Waals surface area contributed by atoms with Gasteiger partial charge in [0, 0.05) is 32.2 Å². The first-order valence-electron chi connectivity index (χ1n) is 6.96. The minimum atomic E-state index is -0.888. The van der Waals surface area contributed by atoms with Gasteiger partial charge in [0.15, 0.2) is 0 Å². The van der Waals surface area contributed by atoms with Crippen molar-refractivity contribution in [1.82, 2.24) is 15.1 Å². The Hall–Kier alpha value is -1.30. The normalized spacial score (nSPS) is 19.8. The number of nitrogens with zero attached hydrogens (tertiary/aromatic N) is 2. The highest BCUT2D eigenvalue weighted by atomic mass is 16.4. The summed E-state index contributed by atoms with van der Waals surface area (Å²) in [6.45, 7) is 9.75. The second kappa shape index (κ2) is 7.33. The Balaban J connectivity index is 2.37. The van der Waals surface area contributed by atoms with Gasteiger partial charge in [-0.15, -0.1) is 0 Å². The maximum absolute atomic E-state index is 12.0. The first-order valence-corrected chi connectivity index (χ1v) is 6.96. The lowest BCUT2D eigenvalue weighted by Gasteiger charge is -2.35. The molecule has 0 spiro atoms. The predicted molar refractivity (Wildman–Crippen MR) is 73.1 cm³/mol. The largest absolute Gasteiger partial charge is 0.481 e. The van der Waals surface area contributed by atoms with Gasteiger partial charge in [-0.2, -0.15) is 0 Å². The summed E-state index contributed by atoms with van der Waals surface area (Å²) in [6, 6.07) is -0.518. The summed E-state index contributed by atoms with van der Waals surface area (Å²) in [6.07, 6.45) is 1.12. The monoisotopic (exact) mass is 271 g/mol. The van der Waals surface area contributed by atoms with Gasteiger partial charge >= 0.3 is 12.0 Å². The number of hydrogen-bond donors (Lipinski definition) is 2. The number of urea groups is 1. The number of amides is 2. The second-order valence-corrected chi connectivity index (χ2v) is 5.19. The van der Waals surface area contributed by atoms with Gasteiger partial charge in [0.1, 0.15) is 0 Å². The molecule has 2 amide bonds. The number of aliphatic carboxylic acids is 1. The zero-order valence-electron chi connectivity index (χ0n) is 12.1. The van der Waals surface area contributed by atoms with Crippen LogP contribution in [-0.4, -0.2) is 65.7 Å². The molecule has 1 aliphatic heterocycles. The summed E-state index contributed by atoms with van der Waals surface area (Å²) in [5.74, 6) is -1.47. The molecular weight excluding hydrogens is 246 g/mol. The Bertz CT molecular complexity index is 314. The van der Waals surface area contributed by atoms with Gasteiger partial charge in [-0.25, -0.2) is 4.79 Å². The zero-order chi connectivity index (χ0) is 14.4. The van der Waals surface area contributed by atoms with Crippen LogP contribution in [0, 0.1) is 5.92 Å². The van der Waals surface area contributed by atoms with Crippen molar-refractivity contribution in [3.05, 3.63) is 0 Å². The first-order chi connectivity index (χ1) is 8.95. The van der Waals surface area contributed by atoms with Gasteiger partial charge in [-0.05, 0) is 26.8 Å². The van der Waals surface area contributed by atoms with E-state index >= 15 is 0 Å². The Morgan fingerprint density at radius 2 is 1.79 bits per heavy atom. The number of carbonyl (C=O) groups excluding carboxylic acids is 1. The molecule has 1 fully saturated rings. The van der Waals surface area contributed by atoms with Gasteiger partial charge < -0.3 is 15.3 Å². The Morgan fingerprint density at radius 3 is 2.26 bits per heavy atom. The molecule has 0 aromatic carbocycles. The molecule has 0 radical (unpaired) electrons. The fourth-order valence-corrected chi connectivity index (χ4v) is 2.12. The van der Waals surface area contributed by atoms with Crippen LogP contribution in [-0.2, 0) is 4.79 Å². The first kappa shape index (κ1) is 15.8. The quantitative estimate of drug-likeness (QED) is 0.777. The Kier molecular flexibility index (Phi) is 6.08. The lowest BCUT2D eigenvalue weighted by molar-refractivity contribution is -0.141. The summed E-state index contributed by atoms with van der Waals surface area (Å²) in [5, 5.41) is 11.7. The van der Waals surface area contributed by atoms with E-state index in [4.69, 9.17) is 5.11 Å². The maximum Gasteiger partial charge on any atom is 0.317 e. The third-order valence-corrected chi connectivity index (χ3v) is 3.69. The number of piperazine rings is 1. The Labute approximate surface area is 114 Å². The fourth-order valence-electron chi connectivity index (χ4n) is 2.12. The summed E-state index contributed by atoms with van der Waals surface area (Å²) in [4.78, 5) is 26.9. The standard InChI is InChI=1S/C13H25N3O3/c1-4-5-15-6-8-16(9-7-15)13(19)14-11(3)10(2)12(17)18/h10-11H,4-9H2,1-3H3,(H,14,19)(H,17,18). The summed E-state index contributed by atoms with van der Waals surface area (Å²) < 4.78 is 0. The van der Waals surface area contributed by atoms with Crippen molar-refractivity contribution in [3.63, 3.8) is 0 Å². The van der Waals surface area contributed by atoms with Crippen LogP contribution in [0.5, 0.6) is 0 Å². The molecule has 2 unspecified atom stereocenters. The lowest BCUT2D eigenvalue weighted by atomic mass is 10.0. The van der Waals surface area contributed by atoms with Crippen molar-refractivity contribution in [2.75, 3.05) is 32.7 Å². The number of hydrogen-bond acceptors (Lipinski definition) is 3. The molecule has 0 aromatic heterocycles. The highest BCUT2D eigenvalue weighted by Crippen LogP contribution is 2.06. The minimum absolute atomic E-state index is 0.156. The molecule has 1 aliphatic rings. The molecule has 2 N–H and O–H groups in total. The third kappa shape index (κ3) is 4.70. The average molecular weight is 271 g/mol. The molecule has 2 atom stereocenters. The van der Waals surface area contributed by atoms with Gasteiger partial charge in [0.05, 0.1) is 5.92 Å². The van der Waals surface area contributed by atoms with E-state index in [1.54, 1.807) is 18.7 Å². The molecule has 0 bridgehead atoms. The van der Waals surface area contributed by atoms with Gasteiger partial charge in [0.25, 0.3) is 0 Å². The van der Waals surface area contributed by atoms with Crippen molar-refractivity contribution in [1.29, 1.82) is 0 Å². The number of rotatable bonds is 5. The van der Waals surface area contributed by atoms with Crippen LogP contribution in [0.15, 0.2) is 0 Å². The molecule has 6 heteroatoms. The van der Waals surface area contributed by atoms with Gasteiger partial charge in [-0.3, -0.25) is 9.69 Å². The van der Waals surface area contributed by atoms with Crippen molar-refractivity contribution in [2.45, 2.75) is 33.2 Å². The molecule has 110 valence electrons. The molecule has 0 aromatic rings. The van der Waals surface area contributed by atoms with Crippen LogP contribution < -0.4 is 5.32 Å². The zero-order valence-corrected chi connectivity index (χ0v) is 12.1. The molecule has 0 aliphatic carbocycles. The minimum Gasteiger partial charge on any atom is -0.481 e. The highest BCUT2D eigenvalue weighted by Gasteiger charge is 2.25. The predicted octanol–water partition coefficient (Wildman–Crippen LogP) is 0.833. The van der Waals surface area contributed by atoms with E-state index in [1.807, 2.05) is 0 Å². The van der Waals surface area contributed by atoms with Crippen LogP contribution in [0.4, 0.5) is 4.79 Å². The van der Waals surface area contributed by atoms with Crippen LogP contribution >= 0.6 is 0 Å². The number of carbonyl (C=O) groups is 2. The summed E-state index contributed by atoms with van der Waals surface area (Å²) in [7, 11) is 0. The number of carboxylic acids is 1. The molecule has 6 nitrogen and oxygen atoms in total. The van der Waals surface area contributed by atoms with Crippen LogP contribution in [0.25, 0.3) is 0 Å². The third-order valence-electron chi connectivity index (χ3n) is 3.69. The second-order valence-electron chi connectivity index (χ2n) is 5.19. The van der Waals surface area contributed by atoms with Crippen molar-refractivity contribution in [2.24, 2.45) is 5.92 Å². The lowest BCUT2D eigenvalue weighted by Crippen LogP contribution is -2.54. The van der Waals surface area contributed by atoms with Crippen LogP contribution in [0.2, 0.25) is 0 Å². The Morgan fingerprint density at radius 1 is 1.21 bits per heavy atom. The highest BCUT2D eigenvalue weighted by molar-refractivity contribution is 5.76. The number of nitrogens with one attached hydrogen (secondary N) is 1. The van der Waals surface area contributed by atoms with E-state index in [2.05, 4.69) is 17.1 Å². The van der Waals surface area contributed by atoms with E-state index in [-0.39, 0.29) is 12.1 Å². The smallest absolute Gasteiger partial charge is 0.317 e. The molecular formula is C13H25N3O3. The molecule has 0 saturated carbocycles. The summed E-state index contributed by atoms with van der Waals surface area (Å²) >= 11 is 0. The van der Waals surface area contributed by atoms with Gasteiger partial charge in [-0.1, -0.05) is 6.92 Å².